The predicted octanol–water partition coefficient (Wildman–Crippen LogP) is 2.84. The van der Waals surface area contributed by atoms with E-state index >= 15 is 0 Å². The molecule has 0 fully saturated rings. The van der Waals surface area contributed by atoms with Crippen LogP contribution in [0.1, 0.15) is 24.2 Å². The number of amides is 1. The number of rotatable bonds is 3. The second-order valence-corrected chi connectivity index (χ2v) is 5.79. The smallest absolute Gasteiger partial charge is 0.329 e. The Balaban J connectivity index is 2.42. The largest absolute Gasteiger partial charge is 0.480 e. The van der Waals surface area contributed by atoms with Gasteiger partial charge in [0.05, 0.1) is 5.56 Å². The summed E-state index contributed by atoms with van der Waals surface area (Å²) in [5.74, 6) is -1.30. The lowest BCUT2D eigenvalue weighted by atomic mass is 10.0. The minimum Gasteiger partial charge on any atom is -0.480 e. The van der Waals surface area contributed by atoms with Crippen LogP contribution in [0.4, 0.5) is 0 Å². The van der Waals surface area contributed by atoms with Gasteiger partial charge in [-0.2, -0.15) is 0 Å². The van der Waals surface area contributed by atoms with Gasteiger partial charge in [0.25, 0.3) is 5.91 Å². The lowest BCUT2D eigenvalue weighted by molar-refractivity contribution is -0.147. The van der Waals surface area contributed by atoms with Crippen molar-refractivity contribution in [3.8, 4) is 0 Å². The highest BCUT2D eigenvalue weighted by Crippen LogP contribution is 2.28. The van der Waals surface area contributed by atoms with Crippen molar-refractivity contribution < 1.29 is 14.7 Å². The van der Waals surface area contributed by atoms with Crippen LogP contribution >= 0.6 is 11.3 Å². The quantitative estimate of drug-likeness (QED) is 0.938. The average molecular weight is 277 g/mol. The third kappa shape index (κ3) is 2.21. The first kappa shape index (κ1) is 13.5. The van der Waals surface area contributed by atoms with Crippen molar-refractivity contribution in [2.75, 3.05) is 7.05 Å². The highest BCUT2D eigenvalue weighted by molar-refractivity contribution is 7.17. The van der Waals surface area contributed by atoms with Crippen molar-refractivity contribution >= 4 is 33.3 Å². The Kier molecular flexibility index (Phi) is 3.32. The Morgan fingerprint density at radius 1 is 1.26 bits per heavy atom. The molecule has 1 heterocycles. The number of carbonyl (C=O) groups excluding carboxylic acids is 1. The molecule has 2 aromatic rings. The van der Waals surface area contributed by atoms with Gasteiger partial charge in [0.1, 0.15) is 5.54 Å². The number of likely N-dealkylation sites (N-methyl/N-ethyl adjacent to an activating group) is 1. The van der Waals surface area contributed by atoms with Gasteiger partial charge in [-0.3, -0.25) is 4.79 Å². The van der Waals surface area contributed by atoms with Crippen LogP contribution in [0, 0.1) is 0 Å². The molecule has 1 aromatic carbocycles. The van der Waals surface area contributed by atoms with E-state index in [1.165, 1.54) is 37.1 Å². The number of carbonyl (C=O) groups is 2. The highest BCUT2D eigenvalue weighted by Gasteiger charge is 2.36. The van der Waals surface area contributed by atoms with Gasteiger partial charge in [-0.25, -0.2) is 4.79 Å². The fourth-order valence-corrected chi connectivity index (χ4v) is 2.66. The second-order valence-electron chi connectivity index (χ2n) is 4.87. The van der Waals surface area contributed by atoms with E-state index in [1.54, 1.807) is 5.38 Å². The first-order chi connectivity index (χ1) is 8.85. The van der Waals surface area contributed by atoms with Crippen LogP contribution < -0.4 is 0 Å². The molecule has 0 saturated heterocycles. The molecule has 100 valence electrons. The molecule has 5 heteroatoms. The molecular weight excluding hydrogens is 262 g/mol. The fourth-order valence-electron chi connectivity index (χ4n) is 1.72. The van der Waals surface area contributed by atoms with E-state index in [4.69, 9.17) is 0 Å². The van der Waals surface area contributed by atoms with Gasteiger partial charge in [-0.15, -0.1) is 11.3 Å². The summed E-state index contributed by atoms with van der Waals surface area (Å²) in [6.45, 7) is 3.03. The zero-order valence-electron chi connectivity index (χ0n) is 11.0. The highest BCUT2D eigenvalue weighted by atomic mass is 32.1. The molecule has 2 rings (SSSR count). The topological polar surface area (TPSA) is 57.6 Å². The number of nitrogens with zero attached hydrogens (tertiary/aromatic N) is 1. The fraction of sp³-hybridized carbons (Fsp3) is 0.286. The molecule has 0 bridgehead atoms. The Labute approximate surface area is 115 Å². The number of benzene rings is 1. The summed E-state index contributed by atoms with van der Waals surface area (Å²) in [5.41, 5.74) is -0.683. The number of thiophene rings is 1. The summed E-state index contributed by atoms with van der Waals surface area (Å²) in [7, 11) is 1.52. The van der Waals surface area contributed by atoms with Crippen molar-refractivity contribution in [1.29, 1.82) is 0 Å². The number of carboxylic acid groups (broad SMARTS) is 1. The van der Waals surface area contributed by atoms with Gasteiger partial charge in [0.2, 0.25) is 0 Å². The molecule has 4 nitrogen and oxygen atoms in total. The minimum absolute atomic E-state index is 0.273. The van der Waals surface area contributed by atoms with Gasteiger partial charge in [0, 0.05) is 22.5 Å². The van der Waals surface area contributed by atoms with Crippen LogP contribution in [-0.2, 0) is 4.79 Å². The van der Waals surface area contributed by atoms with Crippen LogP contribution in [0.2, 0.25) is 0 Å². The zero-order chi connectivity index (χ0) is 14.2. The Morgan fingerprint density at radius 3 is 2.53 bits per heavy atom. The molecule has 0 aliphatic rings. The third-order valence-electron chi connectivity index (χ3n) is 3.38. The molecule has 19 heavy (non-hydrogen) atoms. The molecule has 0 aliphatic heterocycles. The number of carboxylic acids is 1. The van der Waals surface area contributed by atoms with Crippen molar-refractivity contribution in [1.82, 2.24) is 4.90 Å². The Hall–Kier alpha value is -1.88. The summed E-state index contributed by atoms with van der Waals surface area (Å²) < 4.78 is 1.02. The molecule has 0 aliphatic carbocycles. The van der Waals surface area contributed by atoms with E-state index in [2.05, 4.69) is 0 Å². The van der Waals surface area contributed by atoms with Gasteiger partial charge < -0.3 is 10.0 Å². The van der Waals surface area contributed by atoms with Gasteiger partial charge in [-0.1, -0.05) is 18.2 Å². The first-order valence-electron chi connectivity index (χ1n) is 5.83. The average Bonchev–Trinajstić information content (AvgIpc) is 2.80. The number of fused-ring (bicyclic) bond motifs is 1. The normalized spacial score (nSPS) is 11.5. The Morgan fingerprint density at radius 2 is 1.89 bits per heavy atom. The number of hydrogen-bond donors (Lipinski definition) is 1. The number of hydrogen-bond acceptors (Lipinski definition) is 3. The van der Waals surface area contributed by atoms with E-state index in [0.717, 1.165) is 10.1 Å². The maximum atomic E-state index is 12.4. The van der Waals surface area contributed by atoms with Crippen LogP contribution in [-0.4, -0.2) is 34.5 Å². The molecule has 0 saturated carbocycles. The van der Waals surface area contributed by atoms with Gasteiger partial charge >= 0.3 is 5.97 Å². The van der Waals surface area contributed by atoms with E-state index in [-0.39, 0.29) is 5.91 Å². The van der Waals surface area contributed by atoms with E-state index in [1.807, 2.05) is 24.3 Å². The molecule has 0 unspecified atom stereocenters. The molecule has 0 atom stereocenters. The first-order valence-corrected chi connectivity index (χ1v) is 6.71. The maximum absolute atomic E-state index is 12.4. The van der Waals surface area contributed by atoms with Crippen molar-refractivity contribution in [2.45, 2.75) is 19.4 Å². The molecule has 1 N–H and O–H groups in total. The molecule has 1 amide bonds. The summed E-state index contributed by atoms with van der Waals surface area (Å²) in [4.78, 5) is 24.9. The van der Waals surface area contributed by atoms with Gasteiger partial charge in [-0.05, 0) is 19.9 Å². The van der Waals surface area contributed by atoms with Crippen LogP contribution in [0.3, 0.4) is 0 Å². The van der Waals surface area contributed by atoms with Crippen LogP contribution in [0.5, 0.6) is 0 Å². The summed E-state index contributed by atoms with van der Waals surface area (Å²) in [5, 5.41) is 11.8. The zero-order valence-corrected chi connectivity index (χ0v) is 11.8. The van der Waals surface area contributed by atoms with Gasteiger partial charge in [0.15, 0.2) is 0 Å². The molecule has 0 spiro atoms. The van der Waals surface area contributed by atoms with E-state index in [0.29, 0.717) is 5.56 Å². The maximum Gasteiger partial charge on any atom is 0.329 e. The van der Waals surface area contributed by atoms with Crippen molar-refractivity contribution in [2.24, 2.45) is 0 Å². The van der Waals surface area contributed by atoms with Crippen LogP contribution in [0.25, 0.3) is 10.1 Å². The monoisotopic (exact) mass is 277 g/mol. The van der Waals surface area contributed by atoms with E-state index < -0.39 is 11.5 Å². The molecule has 0 radical (unpaired) electrons. The Bertz CT molecular complexity index is 645. The summed E-state index contributed by atoms with van der Waals surface area (Å²) in [6.07, 6.45) is 0. The molecular formula is C14H15NO3S. The lowest BCUT2D eigenvalue weighted by Crippen LogP contribution is -2.50. The summed E-state index contributed by atoms with van der Waals surface area (Å²) in [6, 6.07) is 7.60. The van der Waals surface area contributed by atoms with Crippen molar-refractivity contribution in [3.05, 3.63) is 35.2 Å². The van der Waals surface area contributed by atoms with Crippen molar-refractivity contribution in [3.63, 3.8) is 0 Å². The third-order valence-corrected chi connectivity index (χ3v) is 4.34. The van der Waals surface area contributed by atoms with E-state index in [9.17, 15) is 14.7 Å². The second kappa shape index (κ2) is 4.66. The molecule has 1 aromatic heterocycles. The SMILES string of the molecule is CN(C(=O)c1csc2ccccc12)C(C)(C)C(=O)O. The lowest BCUT2D eigenvalue weighted by Gasteiger charge is -2.31. The minimum atomic E-state index is -1.24. The van der Waals surface area contributed by atoms with Crippen LogP contribution in [0.15, 0.2) is 29.6 Å². The number of aliphatic carboxylic acids is 1. The predicted molar refractivity (Wildman–Crippen MR) is 75.6 cm³/mol. The summed E-state index contributed by atoms with van der Waals surface area (Å²) >= 11 is 1.48. The standard InChI is InChI=1S/C14H15NO3S/c1-14(2,13(17)18)15(3)12(16)10-8-19-11-7-5-4-6-9(10)11/h4-8H,1-3H3,(H,17,18).